The number of halogens is 1. The molecular formula is C11H21ClN2. The molecule has 2 bridgehead atoms. The summed E-state index contributed by atoms with van der Waals surface area (Å²) in [5, 5.41) is 0.447. The van der Waals surface area contributed by atoms with Crippen LogP contribution >= 0.6 is 11.6 Å². The molecule has 2 aliphatic rings. The van der Waals surface area contributed by atoms with Gasteiger partial charge in [0.15, 0.2) is 0 Å². The molecule has 2 atom stereocenters. The molecule has 2 nitrogen and oxygen atoms in total. The van der Waals surface area contributed by atoms with Crippen molar-refractivity contribution in [1.29, 1.82) is 0 Å². The minimum atomic E-state index is 0.447. The second-order valence-corrected chi connectivity index (χ2v) is 5.61. The van der Waals surface area contributed by atoms with Crippen LogP contribution in [-0.4, -0.2) is 54.4 Å². The molecule has 2 rings (SSSR count). The summed E-state index contributed by atoms with van der Waals surface area (Å²) in [7, 11) is 4.30. The van der Waals surface area contributed by atoms with Gasteiger partial charge in [-0.15, -0.1) is 11.6 Å². The van der Waals surface area contributed by atoms with E-state index in [4.69, 9.17) is 11.6 Å². The normalized spacial score (nSPS) is 38.1. The van der Waals surface area contributed by atoms with Gasteiger partial charge in [0.1, 0.15) is 0 Å². The van der Waals surface area contributed by atoms with Gasteiger partial charge in [0, 0.05) is 30.6 Å². The molecule has 0 saturated carbocycles. The molecule has 0 radical (unpaired) electrons. The molecule has 14 heavy (non-hydrogen) atoms. The van der Waals surface area contributed by atoms with Crippen molar-refractivity contribution < 1.29 is 0 Å². The molecule has 0 aromatic carbocycles. The first-order valence-electron chi connectivity index (χ1n) is 5.71. The van der Waals surface area contributed by atoms with Crippen LogP contribution in [0.15, 0.2) is 0 Å². The number of nitrogens with zero attached hydrogens (tertiary/aromatic N) is 2. The minimum absolute atomic E-state index is 0.447. The van der Waals surface area contributed by atoms with Crippen LogP contribution in [0.25, 0.3) is 0 Å². The molecule has 2 fully saturated rings. The summed E-state index contributed by atoms with van der Waals surface area (Å²) < 4.78 is 0. The molecule has 0 amide bonds. The Hall–Kier alpha value is 0.210. The Labute approximate surface area is 92.2 Å². The molecular weight excluding hydrogens is 196 g/mol. The van der Waals surface area contributed by atoms with Gasteiger partial charge in [-0.3, -0.25) is 4.90 Å². The lowest BCUT2D eigenvalue weighted by molar-refractivity contribution is 0.131. The van der Waals surface area contributed by atoms with Crippen LogP contribution in [0, 0.1) is 0 Å². The Bertz CT molecular complexity index is 182. The summed E-state index contributed by atoms with van der Waals surface area (Å²) in [4.78, 5) is 4.96. The van der Waals surface area contributed by atoms with Crippen molar-refractivity contribution in [3.63, 3.8) is 0 Å². The van der Waals surface area contributed by atoms with Gasteiger partial charge in [0.2, 0.25) is 0 Å². The Morgan fingerprint density at radius 3 is 2.29 bits per heavy atom. The summed E-state index contributed by atoms with van der Waals surface area (Å²) in [5.74, 6) is 0. The van der Waals surface area contributed by atoms with Crippen LogP contribution in [0.3, 0.4) is 0 Å². The summed E-state index contributed by atoms with van der Waals surface area (Å²) in [5.41, 5.74) is 0. The van der Waals surface area contributed by atoms with Gasteiger partial charge in [-0.25, -0.2) is 0 Å². The number of rotatable bonds is 3. The van der Waals surface area contributed by atoms with Crippen LogP contribution in [0.5, 0.6) is 0 Å². The molecule has 3 heteroatoms. The van der Waals surface area contributed by atoms with Crippen LogP contribution < -0.4 is 0 Å². The monoisotopic (exact) mass is 216 g/mol. The summed E-state index contributed by atoms with van der Waals surface area (Å²) >= 11 is 6.24. The first kappa shape index (κ1) is 10.7. The number of hydrogen-bond donors (Lipinski definition) is 0. The van der Waals surface area contributed by atoms with E-state index in [2.05, 4.69) is 23.9 Å². The lowest BCUT2D eigenvalue weighted by Gasteiger charge is -2.37. The first-order valence-corrected chi connectivity index (χ1v) is 6.15. The highest BCUT2D eigenvalue weighted by molar-refractivity contribution is 6.20. The smallest absolute Gasteiger partial charge is 0.0365 e. The van der Waals surface area contributed by atoms with Crippen LogP contribution in [0.1, 0.15) is 25.7 Å². The second-order valence-electron chi connectivity index (χ2n) is 4.99. The molecule has 0 N–H and O–H groups in total. The number of fused-ring (bicyclic) bond motifs is 2. The van der Waals surface area contributed by atoms with Crippen molar-refractivity contribution in [1.82, 2.24) is 9.80 Å². The van der Waals surface area contributed by atoms with E-state index < -0.39 is 0 Å². The number of alkyl halides is 1. The third kappa shape index (κ3) is 2.23. The zero-order valence-corrected chi connectivity index (χ0v) is 10.0. The fourth-order valence-corrected chi connectivity index (χ4v) is 3.30. The first-order chi connectivity index (χ1) is 6.66. The van der Waals surface area contributed by atoms with Crippen molar-refractivity contribution >= 4 is 11.6 Å². The maximum Gasteiger partial charge on any atom is 0.0365 e. The lowest BCUT2D eigenvalue weighted by atomic mass is 10.0. The van der Waals surface area contributed by atoms with Crippen LogP contribution in [0.2, 0.25) is 0 Å². The topological polar surface area (TPSA) is 6.48 Å². The van der Waals surface area contributed by atoms with E-state index >= 15 is 0 Å². The number of hydrogen-bond acceptors (Lipinski definition) is 2. The van der Waals surface area contributed by atoms with E-state index in [9.17, 15) is 0 Å². The highest BCUT2D eigenvalue weighted by Gasteiger charge is 2.39. The summed E-state index contributed by atoms with van der Waals surface area (Å²) in [6.45, 7) is 2.41. The maximum absolute atomic E-state index is 6.24. The van der Waals surface area contributed by atoms with Gasteiger partial charge >= 0.3 is 0 Å². The van der Waals surface area contributed by atoms with E-state index in [0.29, 0.717) is 5.38 Å². The lowest BCUT2D eigenvalue weighted by Crippen LogP contribution is -2.45. The van der Waals surface area contributed by atoms with Crippen LogP contribution in [-0.2, 0) is 0 Å². The fourth-order valence-electron chi connectivity index (χ4n) is 2.89. The molecule has 2 unspecified atom stereocenters. The standard InChI is InChI=1S/C11H21ClN2/c1-13(2)5-6-14-10-3-4-11(14)8-9(12)7-10/h9-11H,3-8H2,1-2H3. The van der Waals surface area contributed by atoms with Gasteiger partial charge in [-0.2, -0.15) is 0 Å². The highest BCUT2D eigenvalue weighted by Crippen LogP contribution is 2.37. The Balaban J connectivity index is 1.88. The van der Waals surface area contributed by atoms with Crippen LogP contribution in [0.4, 0.5) is 0 Å². The predicted molar refractivity (Wildman–Crippen MR) is 60.9 cm³/mol. The largest absolute Gasteiger partial charge is 0.308 e. The van der Waals surface area contributed by atoms with Gasteiger partial charge in [0.25, 0.3) is 0 Å². The number of likely N-dealkylation sites (N-methyl/N-ethyl adjacent to an activating group) is 1. The highest BCUT2D eigenvalue weighted by atomic mass is 35.5. The third-order valence-corrected chi connectivity index (χ3v) is 3.99. The quantitative estimate of drug-likeness (QED) is 0.664. The minimum Gasteiger partial charge on any atom is -0.308 e. The Morgan fingerprint density at radius 2 is 1.79 bits per heavy atom. The molecule has 0 spiro atoms. The van der Waals surface area contributed by atoms with Crippen molar-refractivity contribution in [3.05, 3.63) is 0 Å². The van der Waals surface area contributed by atoms with Crippen molar-refractivity contribution in [2.24, 2.45) is 0 Å². The number of piperidine rings is 1. The van der Waals surface area contributed by atoms with Gasteiger partial charge in [-0.05, 0) is 39.8 Å². The molecule has 0 aromatic heterocycles. The van der Waals surface area contributed by atoms with E-state index in [1.807, 2.05) is 0 Å². The average Bonchev–Trinajstić information content (AvgIpc) is 2.34. The van der Waals surface area contributed by atoms with E-state index in [1.54, 1.807) is 0 Å². The average molecular weight is 217 g/mol. The third-order valence-electron chi connectivity index (χ3n) is 3.63. The van der Waals surface area contributed by atoms with E-state index in [0.717, 1.165) is 12.1 Å². The maximum atomic E-state index is 6.24. The molecule has 0 aliphatic carbocycles. The van der Waals surface area contributed by atoms with Gasteiger partial charge < -0.3 is 4.90 Å². The SMILES string of the molecule is CN(C)CCN1C2CCC1CC(Cl)C2. The molecule has 2 aliphatic heterocycles. The molecule has 2 saturated heterocycles. The van der Waals surface area contributed by atoms with Crippen molar-refractivity contribution in [3.8, 4) is 0 Å². The fraction of sp³-hybridized carbons (Fsp3) is 1.00. The second kappa shape index (κ2) is 4.38. The Kier molecular flexibility index (Phi) is 3.35. The van der Waals surface area contributed by atoms with Crippen molar-refractivity contribution in [2.45, 2.75) is 43.1 Å². The predicted octanol–water partition coefficient (Wildman–Crippen LogP) is 1.78. The van der Waals surface area contributed by atoms with Crippen molar-refractivity contribution in [2.75, 3.05) is 27.2 Å². The van der Waals surface area contributed by atoms with Gasteiger partial charge in [0.05, 0.1) is 0 Å². The molecule has 2 heterocycles. The van der Waals surface area contributed by atoms with Gasteiger partial charge in [-0.1, -0.05) is 0 Å². The van der Waals surface area contributed by atoms with E-state index in [1.165, 1.54) is 38.8 Å². The summed E-state index contributed by atoms with van der Waals surface area (Å²) in [6.07, 6.45) is 5.18. The summed E-state index contributed by atoms with van der Waals surface area (Å²) in [6, 6.07) is 1.58. The zero-order chi connectivity index (χ0) is 10.1. The molecule has 0 aromatic rings. The Morgan fingerprint density at radius 1 is 1.21 bits per heavy atom. The zero-order valence-electron chi connectivity index (χ0n) is 9.25. The molecule has 82 valence electrons. The van der Waals surface area contributed by atoms with E-state index in [-0.39, 0.29) is 0 Å².